The van der Waals surface area contributed by atoms with E-state index >= 15 is 0 Å². The largest absolute Gasteiger partial charge is 0.322 e. The highest BCUT2D eigenvalue weighted by atomic mass is 35.5. The molecule has 4 rings (SSSR count). The van der Waals surface area contributed by atoms with Gasteiger partial charge in [0.2, 0.25) is 0 Å². The van der Waals surface area contributed by atoms with E-state index in [2.05, 4.69) is 36.1 Å². The number of benzene rings is 4. The molecule has 0 heterocycles. The van der Waals surface area contributed by atoms with Crippen molar-refractivity contribution < 1.29 is 18.0 Å². The fourth-order valence-corrected chi connectivity index (χ4v) is 5.64. The second-order valence-corrected chi connectivity index (χ2v) is 12.9. The topological polar surface area (TPSA) is 104 Å². The van der Waals surface area contributed by atoms with Crippen LogP contribution in [0.15, 0.2) is 89.8 Å². The van der Waals surface area contributed by atoms with Crippen LogP contribution in [-0.4, -0.2) is 20.2 Å². The Labute approximate surface area is 246 Å². The number of amides is 2. The summed E-state index contributed by atoms with van der Waals surface area (Å²) < 4.78 is 28.8. The summed E-state index contributed by atoms with van der Waals surface area (Å²) >= 11 is 6.23. The van der Waals surface area contributed by atoms with Gasteiger partial charge >= 0.3 is 0 Å². The van der Waals surface area contributed by atoms with Crippen molar-refractivity contribution in [3.63, 3.8) is 0 Å². The summed E-state index contributed by atoms with van der Waals surface area (Å²) in [4.78, 5) is 25.6. The highest BCUT2D eigenvalue weighted by molar-refractivity contribution is 7.92. The van der Waals surface area contributed by atoms with Crippen molar-refractivity contribution in [2.45, 2.75) is 44.9 Å². The van der Waals surface area contributed by atoms with Gasteiger partial charge in [-0.15, -0.1) is 0 Å². The third-order valence-corrected chi connectivity index (χ3v) is 8.50. The Hall–Kier alpha value is -4.14. The predicted molar refractivity (Wildman–Crippen MR) is 166 cm³/mol. The van der Waals surface area contributed by atoms with E-state index in [9.17, 15) is 18.0 Å². The third-order valence-electron chi connectivity index (χ3n) is 6.63. The van der Waals surface area contributed by atoms with Crippen LogP contribution in [0.3, 0.4) is 0 Å². The van der Waals surface area contributed by atoms with Gasteiger partial charge in [0, 0.05) is 28.2 Å². The lowest BCUT2D eigenvalue weighted by atomic mass is 9.87. The molecule has 0 bridgehead atoms. The fourth-order valence-electron chi connectivity index (χ4n) is 4.07. The summed E-state index contributed by atoms with van der Waals surface area (Å²) in [5.41, 5.74) is 4.98. The van der Waals surface area contributed by atoms with Crippen molar-refractivity contribution in [3.8, 4) is 0 Å². The lowest BCUT2D eigenvalue weighted by Gasteiger charge is -2.19. The molecule has 0 radical (unpaired) electrons. The summed E-state index contributed by atoms with van der Waals surface area (Å²) in [7, 11) is -4.07. The van der Waals surface area contributed by atoms with Crippen molar-refractivity contribution in [2.24, 2.45) is 0 Å². The van der Waals surface area contributed by atoms with E-state index in [0.29, 0.717) is 22.6 Å². The van der Waals surface area contributed by atoms with Gasteiger partial charge < -0.3 is 10.6 Å². The molecule has 0 atom stereocenters. The van der Waals surface area contributed by atoms with Gasteiger partial charge in [-0.2, -0.15) is 0 Å². The van der Waals surface area contributed by atoms with Gasteiger partial charge in [-0.3, -0.25) is 14.3 Å². The van der Waals surface area contributed by atoms with Crippen LogP contribution in [0.5, 0.6) is 0 Å². The second kappa shape index (κ2) is 11.8. The van der Waals surface area contributed by atoms with E-state index in [4.69, 9.17) is 11.6 Å². The van der Waals surface area contributed by atoms with Crippen molar-refractivity contribution in [1.82, 2.24) is 0 Å². The summed E-state index contributed by atoms with van der Waals surface area (Å²) in [6.07, 6.45) is 0. The summed E-state index contributed by atoms with van der Waals surface area (Å²) in [5, 5.41) is 5.57. The van der Waals surface area contributed by atoms with Crippen molar-refractivity contribution in [1.29, 1.82) is 0 Å². The zero-order valence-corrected chi connectivity index (χ0v) is 25.1. The molecule has 0 aliphatic heterocycles. The Bertz CT molecular complexity index is 1730. The summed E-state index contributed by atoms with van der Waals surface area (Å²) in [5.74, 6) is -0.816. The minimum absolute atomic E-state index is 0.0156. The van der Waals surface area contributed by atoms with E-state index in [1.54, 1.807) is 48.5 Å². The monoisotopic (exact) mass is 589 g/mol. The van der Waals surface area contributed by atoms with E-state index in [1.165, 1.54) is 18.2 Å². The molecule has 0 fully saturated rings. The Morgan fingerprint density at radius 1 is 0.683 bits per heavy atom. The molecule has 7 nitrogen and oxygen atoms in total. The number of carbonyl (C=O) groups excluding carboxylic acids is 2. The predicted octanol–water partition coefficient (Wildman–Crippen LogP) is 7.56. The molecular formula is C32H32ClN3O4S. The van der Waals surface area contributed by atoms with Crippen LogP contribution in [0.2, 0.25) is 5.02 Å². The Morgan fingerprint density at radius 2 is 1.27 bits per heavy atom. The van der Waals surface area contributed by atoms with Gasteiger partial charge in [-0.25, -0.2) is 8.42 Å². The maximum absolute atomic E-state index is 13.1. The van der Waals surface area contributed by atoms with E-state index in [1.807, 2.05) is 32.0 Å². The Morgan fingerprint density at radius 3 is 1.85 bits per heavy atom. The van der Waals surface area contributed by atoms with Crippen LogP contribution >= 0.6 is 11.6 Å². The smallest absolute Gasteiger partial charge is 0.263 e. The van der Waals surface area contributed by atoms with Crippen LogP contribution in [-0.2, 0) is 15.4 Å². The van der Waals surface area contributed by atoms with Gasteiger partial charge in [0.05, 0.1) is 5.02 Å². The quantitative estimate of drug-likeness (QED) is 0.207. The van der Waals surface area contributed by atoms with Gasteiger partial charge in [0.15, 0.2) is 0 Å². The molecule has 3 N–H and O–H groups in total. The van der Waals surface area contributed by atoms with Crippen molar-refractivity contribution in [2.75, 3.05) is 15.4 Å². The molecule has 0 saturated carbocycles. The van der Waals surface area contributed by atoms with Gasteiger partial charge in [0.1, 0.15) is 4.90 Å². The molecule has 4 aromatic rings. The van der Waals surface area contributed by atoms with E-state index in [-0.39, 0.29) is 26.8 Å². The number of rotatable bonds is 7. The zero-order chi connectivity index (χ0) is 29.9. The number of halogens is 1. The minimum Gasteiger partial charge on any atom is -0.322 e. The highest BCUT2D eigenvalue weighted by Gasteiger charge is 2.21. The molecule has 0 aliphatic rings. The SMILES string of the molecule is Cc1ccc(NS(=O)(=O)c2cc(C(=O)Nc3cccc(NC(=O)c4ccc(C(C)(C)C)cc4)c3)ccc2Cl)cc1C. The Balaban J connectivity index is 1.48. The van der Waals surface area contributed by atoms with Gasteiger partial charge in [0.25, 0.3) is 21.8 Å². The standard InChI is InChI=1S/C32H32ClN3O4S/c1-20-9-15-27(17-21(20)2)36-41(39,40)29-18-23(12-16-28(29)33)31(38)35-26-8-6-7-25(19-26)34-30(37)22-10-13-24(14-11-22)32(3,4)5/h6-19,36H,1-5H3,(H,34,37)(H,35,38). The molecule has 41 heavy (non-hydrogen) atoms. The van der Waals surface area contributed by atoms with Crippen molar-refractivity contribution >= 4 is 50.5 Å². The first kappa shape index (κ1) is 29.8. The minimum atomic E-state index is -4.07. The second-order valence-electron chi connectivity index (χ2n) is 10.9. The molecule has 0 aromatic heterocycles. The number of hydrogen-bond acceptors (Lipinski definition) is 4. The van der Waals surface area contributed by atoms with Crippen LogP contribution in [0.25, 0.3) is 0 Å². The summed E-state index contributed by atoms with van der Waals surface area (Å²) in [6.45, 7) is 10.1. The molecule has 0 saturated heterocycles. The number of carbonyl (C=O) groups is 2. The number of anilines is 3. The molecule has 0 aliphatic carbocycles. The number of nitrogens with one attached hydrogen (secondary N) is 3. The van der Waals surface area contributed by atoms with Gasteiger partial charge in [-0.1, -0.05) is 56.6 Å². The normalized spacial score (nSPS) is 11.6. The number of hydrogen-bond donors (Lipinski definition) is 3. The van der Waals surface area contributed by atoms with Crippen LogP contribution in [0.4, 0.5) is 17.1 Å². The van der Waals surface area contributed by atoms with Crippen LogP contribution in [0, 0.1) is 13.8 Å². The first-order valence-corrected chi connectivity index (χ1v) is 14.8. The maximum Gasteiger partial charge on any atom is 0.263 e. The number of aryl methyl sites for hydroxylation is 2. The zero-order valence-electron chi connectivity index (χ0n) is 23.5. The maximum atomic E-state index is 13.1. The fraction of sp³-hybridized carbons (Fsp3) is 0.188. The number of sulfonamides is 1. The lowest BCUT2D eigenvalue weighted by molar-refractivity contribution is 0.101. The van der Waals surface area contributed by atoms with Crippen LogP contribution in [0.1, 0.15) is 58.2 Å². The van der Waals surface area contributed by atoms with E-state index in [0.717, 1.165) is 16.7 Å². The molecule has 0 spiro atoms. The molecule has 0 unspecified atom stereocenters. The van der Waals surface area contributed by atoms with Crippen LogP contribution < -0.4 is 15.4 Å². The molecule has 9 heteroatoms. The molecule has 4 aromatic carbocycles. The van der Waals surface area contributed by atoms with Gasteiger partial charge in [-0.05, 0) is 96.6 Å². The molecule has 2 amide bonds. The highest BCUT2D eigenvalue weighted by Crippen LogP contribution is 2.27. The average Bonchev–Trinajstić information content (AvgIpc) is 2.90. The average molecular weight is 590 g/mol. The van der Waals surface area contributed by atoms with E-state index < -0.39 is 15.9 Å². The molecular weight excluding hydrogens is 558 g/mol. The first-order valence-electron chi connectivity index (χ1n) is 13.0. The molecule has 212 valence electrons. The third kappa shape index (κ3) is 7.34. The lowest BCUT2D eigenvalue weighted by Crippen LogP contribution is -2.17. The van der Waals surface area contributed by atoms with Crippen molar-refractivity contribution in [3.05, 3.63) is 118 Å². The summed E-state index contributed by atoms with van der Waals surface area (Å²) in [6, 6.07) is 23.4. The first-order chi connectivity index (χ1) is 19.2. The Kier molecular flexibility index (Phi) is 8.56.